The molecule has 0 aliphatic carbocycles. The minimum Gasteiger partial charge on any atom is -0.465 e. The predicted molar refractivity (Wildman–Crippen MR) is 280 cm³/mol. The van der Waals surface area contributed by atoms with Gasteiger partial charge in [-0.3, -0.25) is 18.6 Å². The van der Waals surface area contributed by atoms with E-state index in [2.05, 4.69) is 47.0 Å². The highest BCUT2D eigenvalue weighted by molar-refractivity contribution is 6.83. The summed E-state index contributed by atoms with van der Waals surface area (Å²) >= 11 is 0. The SMILES string of the molecule is C#Cc1cc(N(CCC(F)(F)F)C(=O)OC(C)(C)C)c2ncc(-c3ccc(C(=O)OC)c(C)c3)n2c1.COC(=O)c1ccc(-c2cnc3c(N(CCC(F)(F)F)C(=O)OC(C)(C)C)cc(C#C[Si](C)(C)C)cn23)cc1C. The van der Waals surface area contributed by atoms with Gasteiger partial charge in [0.15, 0.2) is 11.3 Å². The van der Waals surface area contributed by atoms with Crippen molar-refractivity contribution in [1.82, 2.24) is 18.8 Å². The number of halogens is 6. The summed E-state index contributed by atoms with van der Waals surface area (Å²) in [5.74, 6) is 4.67. The summed E-state index contributed by atoms with van der Waals surface area (Å²) in [7, 11) is 0.776. The molecule has 0 fully saturated rings. The first-order valence-corrected chi connectivity index (χ1v) is 27.2. The van der Waals surface area contributed by atoms with E-state index in [4.69, 9.17) is 25.4 Å². The number of hydrogen-bond acceptors (Lipinski definition) is 10. The zero-order valence-corrected chi connectivity index (χ0v) is 45.6. The third-order valence-electron chi connectivity index (χ3n) is 10.8. The molecule has 14 nitrogen and oxygen atoms in total. The van der Waals surface area contributed by atoms with Crippen LogP contribution in [0.25, 0.3) is 33.8 Å². The smallest absolute Gasteiger partial charge is 0.414 e. The molecule has 0 aliphatic heterocycles. The highest BCUT2D eigenvalue weighted by atomic mass is 28.3. The molecule has 0 N–H and O–H groups in total. The molecule has 0 radical (unpaired) electrons. The summed E-state index contributed by atoms with van der Waals surface area (Å²) in [4.78, 5) is 61.0. The molecule has 21 heteroatoms. The molecule has 0 saturated carbocycles. The van der Waals surface area contributed by atoms with Gasteiger partial charge < -0.3 is 18.9 Å². The number of methoxy groups -OCH3 is 2. The Balaban J connectivity index is 0.000000282. The van der Waals surface area contributed by atoms with E-state index < -0.39 is 81.7 Å². The van der Waals surface area contributed by atoms with Crippen LogP contribution < -0.4 is 9.80 Å². The van der Waals surface area contributed by atoms with Gasteiger partial charge in [-0.1, -0.05) is 43.6 Å². The molecule has 6 aromatic rings. The van der Waals surface area contributed by atoms with Crippen LogP contribution in [0.3, 0.4) is 0 Å². The Morgan fingerprint density at radius 2 is 1.01 bits per heavy atom. The number of pyridine rings is 2. The van der Waals surface area contributed by atoms with Gasteiger partial charge in [-0.05, 0) is 103 Å². The molecule has 404 valence electrons. The summed E-state index contributed by atoms with van der Waals surface area (Å²) in [6.45, 7) is 18.2. The van der Waals surface area contributed by atoms with Gasteiger partial charge in [0.1, 0.15) is 19.3 Å². The topological polar surface area (TPSA) is 146 Å². The van der Waals surface area contributed by atoms with Gasteiger partial charge in [0, 0.05) is 47.7 Å². The molecular weight excluding hydrogens is 1010 g/mol. The standard InChI is InChI=1S/C29H34F3N3O4Si.C26H26F3N3O4/c1-19-15-21(9-10-22(19)26(36)38-5)24-17-33-25-23(16-20(18-35(24)25)11-14-40(6,7)8)34(13-12-29(30,31)32)27(37)39-28(2,3)4;1-7-17-13-20(31(11-10-26(27,28)29)24(34)36-25(3,4)5)22-30-14-21(32(22)15-17)18-8-9-19(16(2)12-18)23(33)35-6/h9-10,15-18H,12-13H2,1-8H3;1,8-9,12-15H,10-11H2,2-6H3. The van der Waals surface area contributed by atoms with E-state index in [0.29, 0.717) is 55.9 Å². The predicted octanol–water partition coefficient (Wildman–Crippen LogP) is 12.8. The van der Waals surface area contributed by atoms with Crippen molar-refractivity contribution in [2.75, 3.05) is 37.1 Å². The van der Waals surface area contributed by atoms with Crippen molar-refractivity contribution >= 4 is 54.9 Å². The number of anilines is 2. The molecule has 4 heterocycles. The minimum absolute atomic E-state index is 0.0816. The normalized spacial score (nSPS) is 11.9. The van der Waals surface area contributed by atoms with Crippen molar-refractivity contribution in [3.05, 3.63) is 107 Å². The first-order valence-electron chi connectivity index (χ1n) is 23.7. The third-order valence-corrected chi connectivity index (χ3v) is 11.7. The first-order chi connectivity index (χ1) is 35.1. The van der Waals surface area contributed by atoms with Crippen molar-refractivity contribution < 1.29 is 64.5 Å². The molecule has 0 saturated heterocycles. The molecule has 0 aliphatic rings. The van der Waals surface area contributed by atoms with Gasteiger partial charge in [-0.2, -0.15) is 26.3 Å². The quantitative estimate of drug-likeness (QED) is 0.0427. The number of nitrogens with zero attached hydrogens (tertiary/aromatic N) is 6. The van der Waals surface area contributed by atoms with Crippen molar-refractivity contribution in [3.63, 3.8) is 0 Å². The Kier molecular flexibility index (Phi) is 17.9. The second-order valence-electron chi connectivity index (χ2n) is 20.6. The molecule has 0 unspecified atom stereocenters. The highest BCUT2D eigenvalue weighted by Gasteiger charge is 2.35. The largest absolute Gasteiger partial charge is 0.465 e. The molecule has 2 aromatic carbocycles. The Morgan fingerprint density at radius 1 is 0.632 bits per heavy atom. The van der Waals surface area contributed by atoms with Crippen molar-refractivity contribution in [3.8, 4) is 46.3 Å². The number of esters is 2. The Bertz CT molecular complexity index is 3270. The van der Waals surface area contributed by atoms with Gasteiger partial charge in [0.05, 0.1) is 73.3 Å². The average Bonchev–Trinajstić information content (AvgIpc) is 3.93. The fourth-order valence-electron chi connectivity index (χ4n) is 7.43. The number of benzene rings is 2. The third kappa shape index (κ3) is 15.6. The van der Waals surface area contributed by atoms with E-state index in [1.54, 1.807) is 125 Å². The number of carbonyl (C=O) groups is 4. The van der Waals surface area contributed by atoms with Crippen LogP contribution >= 0.6 is 0 Å². The molecule has 0 bridgehead atoms. The van der Waals surface area contributed by atoms with Gasteiger partial charge >= 0.3 is 36.5 Å². The monoisotopic (exact) mass is 1070 g/mol. The van der Waals surface area contributed by atoms with Crippen LogP contribution in [-0.4, -0.2) is 102 Å². The van der Waals surface area contributed by atoms with E-state index >= 15 is 0 Å². The summed E-state index contributed by atoms with van der Waals surface area (Å²) in [6, 6.07) is 13.2. The Morgan fingerprint density at radius 3 is 1.34 bits per heavy atom. The van der Waals surface area contributed by atoms with Gasteiger partial charge in [0.2, 0.25) is 0 Å². The maximum Gasteiger partial charge on any atom is 0.414 e. The number of ether oxygens (including phenoxy) is 4. The van der Waals surface area contributed by atoms with Crippen LogP contribution in [0, 0.1) is 37.7 Å². The lowest BCUT2D eigenvalue weighted by Crippen LogP contribution is -2.39. The number of rotatable bonds is 10. The number of aromatic nitrogens is 4. The van der Waals surface area contributed by atoms with Gasteiger partial charge in [-0.15, -0.1) is 12.0 Å². The zero-order valence-electron chi connectivity index (χ0n) is 44.6. The van der Waals surface area contributed by atoms with E-state index in [9.17, 15) is 45.5 Å². The molecule has 2 amide bonds. The molecule has 76 heavy (non-hydrogen) atoms. The molecular formula is C55H60F6N6O8Si. The first kappa shape index (κ1) is 59.1. The van der Waals surface area contributed by atoms with Crippen LogP contribution in [0.15, 0.2) is 73.3 Å². The number of alkyl halides is 6. The molecule has 0 atom stereocenters. The minimum atomic E-state index is -4.50. The van der Waals surface area contributed by atoms with E-state index in [-0.39, 0.29) is 22.7 Å². The van der Waals surface area contributed by atoms with Crippen molar-refractivity contribution in [2.45, 2.75) is 111 Å². The molecule has 4 aromatic heterocycles. The molecule has 0 spiro atoms. The highest BCUT2D eigenvalue weighted by Crippen LogP contribution is 2.34. The maximum absolute atomic E-state index is 13.3. The summed E-state index contributed by atoms with van der Waals surface area (Å²) in [5, 5.41) is 0. The number of aryl methyl sites for hydroxylation is 2. The zero-order chi connectivity index (χ0) is 56.9. The number of terminal acetylenes is 1. The lowest BCUT2D eigenvalue weighted by molar-refractivity contribution is -0.133. The Hall–Kier alpha value is -7.78. The lowest BCUT2D eigenvalue weighted by Gasteiger charge is -2.28. The van der Waals surface area contributed by atoms with Gasteiger partial charge in [-0.25, -0.2) is 29.1 Å². The van der Waals surface area contributed by atoms with Crippen LogP contribution in [0.1, 0.15) is 97.4 Å². The summed E-state index contributed by atoms with van der Waals surface area (Å²) in [5.41, 5.74) is 7.60. The average molecular weight is 1080 g/mol. The Labute approximate surface area is 438 Å². The fraction of sp³-hybridized carbons (Fsp3) is 0.382. The van der Waals surface area contributed by atoms with Crippen molar-refractivity contribution in [2.24, 2.45) is 0 Å². The summed E-state index contributed by atoms with van der Waals surface area (Å²) in [6.07, 6.45) is -1.29. The number of fused-ring (bicyclic) bond motifs is 2. The van der Waals surface area contributed by atoms with E-state index in [1.165, 1.54) is 26.5 Å². The van der Waals surface area contributed by atoms with Crippen LogP contribution in [0.2, 0.25) is 19.6 Å². The second kappa shape index (κ2) is 23.0. The van der Waals surface area contributed by atoms with Crippen LogP contribution in [-0.2, 0) is 18.9 Å². The number of hydrogen-bond donors (Lipinski definition) is 0. The second-order valence-corrected chi connectivity index (χ2v) is 25.3. The lowest BCUT2D eigenvalue weighted by atomic mass is 10.0. The van der Waals surface area contributed by atoms with Crippen molar-refractivity contribution in [1.29, 1.82) is 0 Å². The summed E-state index contributed by atoms with van der Waals surface area (Å²) < 4.78 is 103. The number of amides is 2. The van der Waals surface area contributed by atoms with Gasteiger partial charge in [0.25, 0.3) is 0 Å². The van der Waals surface area contributed by atoms with Crippen LogP contribution in [0.5, 0.6) is 0 Å². The van der Waals surface area contributed by atoms with Crippen LogP contribution in [0.4, 0.5) is 47.3 Å². The molecule has 6 rings (SSSR count). The number of imidazole rings is 2. The van der Waals surface area contributed by atoms with E-state index in [0.717, 1.165) is 9.80 Å². The fourth-order valence-corrected chi connectivity index (χ4v) is 7.94. The maximum atomic E-state index is 13.3. The number of carbonyl (C=O) groups excluding carboxylic acids is 4. The van der Waals surface area contributed by atoms with E-state index in [1.807, 2.05) is 0 Å².